The molecule has 218 valence electrons. The Kier molecular flexibility index (Phi) is 10.8. The van der Waals surface area contributed by atoms with Gasteiger partial charge in [0, 0.05) is 11.1 Å². The average Bonchev–Trinajstić information content (AvgIpc) is 3.43. The Morgan fingerprint density at radius 3 is 2.07 bits per heavy atom. The highest BCUT2D eigenvalue weighted by Gasteiger charge is 2.28. The van der Waals surface area contributed by atoms with E-state index in [1.807, 2.05) is 105 Å². The molecule has 1 heterocycles. The van der Waals surface area contributed by atoms with Gasteiger partial charge in [-0.15, -0.1) is 11.3 Å². The highest BCUT2D eigenvalue weighted by atomic mass is 32.1. The van der Waals surface area contributed by atoms with Gasteiger partial charge in [-0.1, -0.05) is 92.7 Å². The third-order valence-corrected chi connectivity index (χ3v) is 7.72. The lowest BCUT2D eigenvalue weighted by molar-refractivity contribution is -0.130. The van der Waals surface area contributed by atoms with E-state index in [4.69, 9.17) is 4.74 Å². The number of carbonyl (C=O) groups is 4. The SMILES string of the molecule is CC(C)C[C@H](NC(=O)OCc1ccccc1)C(=O)N[C@@H](Cc1ccccc1)C(=O)NCC(=O)c1cc2ccccc2s1. The standard InChI is InChI=1S/C33H35N3O5S/c1-22(2)17-26(36-33(40)41-21-24-13-7-4-8-14-24)32(39)35-27(18-23-11-5-3-6-12-23)31(38)34-20-28(37)30-19-25-15-9-10-16-29(25)42-30/h3-16,19,22,26-27H,17-18,20-21H2,1-2H3,(H,34,38)(H,35,39)(H,36,40)/t26-,27-/m0/s1. The average molecular weight is 586 g/mol. The lowest BCUT2D eigenvalue weighted by Gasteiger charge is -2.24. The molecule has 0 saturated carbocycles. The van der Waals surface area contributed by atoms with Gasteiger partial charge in [-0.05, 0) is 41.0 Å². The number of alkyl carbamates (subject to hydrolysis) is 1. The first-order valence-corrected chi connectivity index (χ1v) is 14.7. The van der Waals surface area contributed by atoms with Crippen LogP contribution in [0, 0.1) is 5.92 Å². The van der Waals surface area contributed by atoms with Crippen LogP contribution < -0.4 is 16.0 Å². The maximum Gasteiger partial charge on any atom is 0.408 e. The molecule has 3 amide bonds. The van der Waals surface area contributed by atoms with Gasteiger partial charge < -0.3 is 20.7 Å². The van der Waals surface area contributed by atoms with E-state index in [0.717, 1.165) is 21.2 Å². The van der Waals surface area contributed by atoms with Gasteiger partial charge in [0.05, 0.1) is 11.4 Å². The monoisotopic (exact) mass is 585 g/mol. The normalized spacial score (nSPS) is 12.4. The molecule has 0 aliphatic carbocycles. The minimum atomic E-state index is -0.966. The van der Waals surface area contributed by atoms with E-state index in [1.165, 1.54) is 11.3 Å². The van der Waals surface area contributed by atoms with Crippen molar-refractivity contribution in [1.82, 2.24) is 16.0 Å². The fourth-order valence-corrected chi connectivity index (χ4v) is 5.44. The number of nitrogens with one attached hydrogen (secondary N) is 3. The number of amides is 3. The number of rotatable bonds is 13. The molecule has 4 aromatic rings. The number of benzene rings is 3. The predicted molar refractivity (Wildman–Crippen MR) is 164 cm³/mol. The zero-order valence-corrected chi connectivity index (χ0v) is 24.5. The van der Waals surface area contributed by atoms with Crippen molar-refractivity contribution in [2.24, 2.45) is 5.92 Å². The van der Waals surface area contributed by atoms with E-state index in [1.54, 1.807) is 0 Å². The Morgan fingerprint density at radius 2 is 1.40 bits per heavy atom. The molecule has 0 saturated heterocycles. The van der Waals surface area contributed by atoms with E-state index in [2.05, 4.69) is 16.0 Å². The van der Waals surface area contributed by atoms with E-state index >= 15 is 0 Å². The van der Waals surface area contributed by atoms with Crippen LogP contribution in [0.15, 0.2) is 91.0 Å². The van der Waals surface area contributed by atoms with E-state index < -0.39 is 30.0 Å². The maximum absolute atomic E-state index is 13.4. The number of fused-ring (bicyclic) bond motifs is 1. The molecule has 42 heavy (non-hydrogen) atoms. The van der Waals surface area contributed by atoms with Crippen molar-refractivity contribution >= 4 is 45.1 Å². The molecule has 0 bridgehead atoms. The summed E-state index contributed by atoms with van der Waals surface area (Å²) in [4.78, 5) is 52.8. The van der Waals surface area contributed by atoms with Gasteiger partial charge in [-0.3, -0.25) is 14.4 Å². The van der Waals surface area contributed by atoms with Gasteiger partial charge in [-0.25, -0.2) is 4.79 Å². The largest absolute Gasteiger partial charge is 0.445 e. The Bertz CT molecular complexity index is 1470. The van der Waals surface area contributed by atoms with Crippen LogP contribution >= 0.6 is 11.3 Å². The minimum Gasteiger partial charge on any atom is -0.445 e. The van der Waals surface area contributed by atoms with Crippen LogP contribution in [0.3, 0.4) is 0 Å². The molecule has 0 aliphatic heterocycles. The summed E-state index contributed by atoms with van der Waals surface area (Å²) in [5.74, 6) is -1.13. The van der Waals surface area contributed by atoms with Crippen LogP contribution in [0.5, 0.6) is 0 Å². The molecular weight excluding hydrogens is 550 g/mol. The lowest BCUT2D eigenvalue weighted by atomic mass is 10.0. The van der Waals surface area contributed by atoms with Crippen molar-refractivity contribution in [3.05, 3.63) is 107 Å². The van der Waals surface area contributed by atoms with Gasteiger partial charge >= 0.3 is 6.09 Å². The second kappa shape index (κ2) is 14.9. The molecular formula is C33H35N3O5S. The molecule has 0 radical (unpaired) electrons. The summed E-state index contributed by atoms with van der Waals surface area (Å²) < 4.78 is 6.31. The molecule has 0 spiro atoms. The molecule has 0 fully saturated rings. The number of hydrogen-bond acceptors (Lipinski definition) is 6. The van der Waals surface area contributed by atoms with Crippen LogP contribution in [0.25, 0.3) is 10.1 Å². The first kappa shape index (κ1) is 30.5. The van der Waals surface area contributed by atoms with Crippen molar-refractivity contribution in [2.75, 3.05) is 6.54 Å². The second-order valence-electron chi connectivity index (χ2n) is 10.4. The number of hydrogen-bond donors (Lipinski definition) is 3. The molecule has 3 N–H and O–H groups in total. The zero-order valence-electron chi connectivity index (χ0n) is 23.7. The van der Waals surface area contributed by atoms with Crippen molar-refractivity contribution in [1.29, 1.82) is 0 Å². The van der Waals surface area contributed by atoms with Crippen LogP contribution in [-0.2, 0) is 27.4 Å². The number of Topliss-reactive ketones (excluding diaryl/α,β-unsaturated/α-hetero) is 1. The Balaban J connectivity index is 1.41. The zero-order chi connectivity index (χ0) is 29.9. The number of ether oxygens (including phenoxy) is 1. The molecule has 0 aliphatic rings. The molecule has 9 heteroatoms. The summed E-state index contributed by atoms with van der Waals surface area (Å²) in [6.07, 6.45) is -0.170. The smallest absolute Gasteiger partial charge is 0.408 e. The van der Waals surface area contributed by atoms with Gasteiger partial charge in [-0.2, -0.15) is 0 Å². The van der Waals surface area contributed by atoms with E-state index in [0.29, 0.717) is 11.3 Å². The first-order valence-electron chi connectivity index (χ1n) is 13.9. The Morgan fingerprint density at radius 1 is 0.762 bits per heavy atom. The third kappa shape index (κ3) is 9.01. The number of ketones is 1. The Labute approximate surface area is 249 Å². The Hall–Kier alpha value is -4.50. The summed E-state index contributed by atoms with van der Waals surface area (Å²) >= 11 is 1.37. The highest BCUT2D eigenvalue weighted by molar-refractivity contribution is 7.20. The fourth-order valence-electron chi connectivity index (χ4n) is 4.44. The van der Waals surface area contributed by atoms with Crippen LogP contribution in [-0.4, -0.2) is 42.3 Å². The van der Waals surface area contributed by atoms with Crippen LogP contribution in [0.1, 0.15) is 41.1 Å². The number of carbonyl (C=O) groups excluding carboxylic acids is 4. The van der Waals surface area contributed by atoms with Gasteiger partial charge in [0.15, 0.2) is 5.78 Å². The van der Waals surface area contributed by atoms with Gasteiger partial charge in [0.25, 0.3) is 0 Å². The maximum atomic E-state index is 13.4. The highest BCUT2D eigenvalue weighted by Crippen LogP contribution is 2.25. The van der Waals surface area contributed by atoms with Crippen molar-refractivity contribution in [3.63, 3.8) is 0 Å². The molecule has 1 aromatic heterocycles. The molecule has 8 nitrogen and oxygen atoms in total. The third-order valence-electron chi connectivity index (χ3n) is 6.57. The summed E-state index contributed by atoms with van der Waals surface area (Å²) in [7, 11) is 0. The lowest BCUT2D eigenvalue weighted by Crippen LogP contribution is -2.55. The van der Waals surface area contributed by atoms with Crippen LogP contribution in [0.2, 0.25) is 0 Å². The van der Waals surface area contributed by atoms with E-state index in [-0.39, 0.29) is 31.3 Å². The minimum absolute atomic E-state index is 0.0650. The molecule has 2 atom stereocenters. The van der Waals surface area contributed by atoms with Crippen molar-refractivity contribution in [3.8, 4) is 0 Å². The summed E-state index contributed by atoms with van der Waals surface area (Å²) in [6.45, 7) is 3.73. The molecule has 0 unspecified atom stereocenters. The van der Waals surface area contributed by atoms with Crippen molar-refractivity contribution in [2.45, 2.75) is 45.4 Å². The number of thiophene rings is 1. The van der Waals surface area contributed by atoms with Crippen LogP contribution in [0.4, 0.5) is 4.79 Å². The second-order valence-corrected chi connectivity index (χ2v) is 11.5. The van der Waals surface area contributed by atoms with Gasteiger partial charge in [0.1, 0.15) is 18.7 Å². The summed E-state index contributed by atoms with van der Waals surface area (Å²) in [5.41, 5.74) is 1.66. The fraction of sp³-hybridized carbons (Fsp3) is 0.273. The summed E-state index contributed by atoms with van der Waals surface area (Å²) in [6, 6.07) is 26.2. The topological polar surface area (TPSA) is 114 Å². The summed E-state index contributed by atoms with van der Waals surface area (Å²) in [5, 5.41) is 9.13. The molecule has 3 aromatic carbocycles. The van der Waals surface area contributed by atoms with E-state index in [9.17, 15) is 19.2 Å². The van der Waals surface area contributed by atoms with Crippen molar-refractivity contribution < 1.29 is 23.9 Å². The predicted octanol–water partition coefficient (Wildman–Crippen LogP) is 5.27. The first-order chi connectivity index (χ1) is 20.3. The van der Waals surface area contributed by atoms with Gasteiger partial charge in [0.2, 0.25) is 11.8 Å². The quantitative estimate of drug-likeness (QED) is 0.185. The molecule has 4 rings (SSSR count).